The molecule has 138 valence electrons. The molecule has 2 aliphatic rings. The van der Waals surface area contributed by atoms with Gasteiger partial charge in [-0.05, 0) is 18.6 Å². The summed E-state index contributed by atoms with van der Waals surface area (Å²) >= 11 is 0. The fourth-order valence-corrected chi connectivity index (χ4v) is 4.29. The minimum Gasteiger partial charge on any atom is -0.355 e. The van der Waals surface area contributed by atoms with Gasteiger partial charge in [0.15, 0.2) is 5.96 Å². The van der Waals surface area contributed by atoms with Crippen molar-refractivity contribution in [2.45, 2.75) is 17.4 Å². The summed E-state index contributed by atoms with van der Waals surface area (Å²) in [6.45, 7) is 4.85. The number of nitrogens with one attached hydrogen (secondary N) is 1. The number of hydrogen-bond acceptors (Lipinski definition) is 3. The third kappa shape index (κ3) is 5.52. The Labute approximate surface area is 170 Å². The summed E-state index contributed by atoms with van der Waals surface area (Å²) in [7, 11) is 0.856. The summed E-state index contributed by atoms with van der Waals surface area (Å²) in [6.07, 6.45) is 5.67. The molecular weight excluding hydrogens is 447 g/mol. The number of likely N-dealkylation sites (tertiary alicyclic amines) is 1. The van der Waals surface area contributed by atoms with Crippen LogP contribution in [0.3, 0.4) is 0 Å². The maximum absolute atomic E-state index is 12.3. The molecule has 0 radical (unpaired) electrons. The standard InChI is InChI=1S/C18H26N4OS.HI/c1-19-18(20-10-14-24(23)17-7-3-2-4-8-17)22-13-9-16(15-22)21-11-5-6-12-21;/h2-8,16H,9-15H2,1H3,(H,19,20);1H. The number of benzene rings is 1. The first-order valence-electron chi connectivity index (χ1n) is 8.56. The van der Waals surface area contributed by atoms with Crippen molar-refractivity contribution in [3.63, 3.8) is 0 Å². The number of rotatable bonds is 5. The minimum atomic E-state index is -0.965. The zero-order chi connectivity index (χ0) is 16.8. The number of hydrogen-bond donors (Lipinski definition) is 1. The zero-order valence-electron chi connectivity index (χ0n) is 14.6. The van der Waals surface area contributed by atoms with Crippen LogP contribution in [0.2, 0.25) is 0 Å². The minimum absolute atomic E-state index is 0. The van der Waals surface area contributed by atoms with E-state index in [2.05, 4.69) is 32.3 Å². The third-order valence-electron chi connectivity index (χ3n) is 4.61. The summed E-state index contributed by atoms with van der Waals surface area (Å²) in [5, 5.41) is 3.37. The Morgan fingerprint density at radius 2 is 2.00 bits per heavy atom. The van der Waals surface area contributed by atoms with Crippen molar-refractivity contribution in [3.05, 3.63) is 42.5 Å². The molecule has 25 heavy (non-hydrogen) atoms. The Hall–Kier alpha value is -0.930. The van der Waals surface area contributed by atoms with E-state index < -0.39 is 10.8 Å². The van der Waals surface area contributed by atoms with Crippen LogP contribution in [0.1, 0.15) is 6.42 Å². The lowest BCUT2D eigenvalue weighted by Crippen LogP contribution is -2.43. The number of aliphatic imine (C=N–C) groups is 1. The van der Waals surface area contributed by atoms with Gasteiger partial charge in [0.25, 0.3) is 0 Å². The van der Waals surface area contributed by atoms with Gasteiger partial charge in [-0.1, -0.05) is 30.4 Å². The molecule has 2 unspecified atom stereocenters. The molecule has 1 fully saturated rings. The maximum Gasteiger partial charge on any atom is 0.193 e. The van der Waals surface area contributed by atoms with E-state index in [1.165, 1.54) is 6.42 Å². The molecule has 7 heteroatoms. The van der Waals surface area contributed by atoms with E-state index in [-0.39, 0.29) is 24.0 Å². The second-order valence-corrected chi connectivity index (χ2v) is 7.72. The molecule has 2 aliphatic heterocycles. The van der Waals surface area contributed by atoms with Gasteiger partial charge in [0.2, 0.25) is 0 Å². The second kappa shape index (κ2) is 10.3. The third-order valence-corrected chi connectivity index (χ3v) is 5.99. The van der Waals surface area contributed by atoms with Crippen LogP contribution >= 0.6 is 24.0 Å². The van der Waals surface area contributed by atoms with E-state index in [4.69, 9.17) is 0 Å². The number of guanidine groups is 1. The summed E-state index contributed by atoms with van der Waals surface area (Å²) in [6, 6.07) is 10.2. The molecule has 0 aromatic heterocycles. The van der Waals surface area contributed by atoms with E-state index in [9.17, 15) is 4.21 Å². The molecule has 5 nitrogen and oxygen atoms in total. The normalized spacial score (nSPS) is 22.0. The van der Waals surface area contributed by atoms with Gasteiger partial charge in [-0.2, -0.15) is 0 Å². The molecule has 1 aromatic carbocycles. The fourth-order valence-electron chi connectivity index (χ4n) is 3.30. The molecular formula is C18H27IN4OS. The van der Waals surface area contributed by atoms with Crippen LogP contribution in [0.15, 0.2) is 52.4 Å². The van der Waals surface area contributed by atoms with Gasteiger partial charge in [-0.15, -0.1) is 24.0 Å². The first-order chi connectivity index (χ1) is 11.8. The predicted molar refractivity (Wildman–Crippen MR) is 115 cm³/mol. The van der Waals surface area contributed by atoms with Gasteiger partial charge in [0.05, 0.1) is 10.8 Å². The maximum atomic E-state index is 12.3. The van der Waals surface area contributed by atoms with E-state index in [0.29, 0.717) is 18.3 Å². The smallest absolute Gasteiger partial charge is 0.193 e. The Morgan fingerprint density at radius 1 is 1.28 bits per heavy atom. The highest BCUT2D eigenvalue weighted by atomic mass is 127. The molecule has 0 bridgehead atoms. The molecule has 0 amide bonds. The average Bonchev–Trinajstić information content (AvgIpc) is 3.30. The van der Waals surface area contributed by atoms with Gasteiger partial charge in [-0.25, -0.2) is 0 Å². The number of halogens is 1. The van der Waals surface area contributed by atoms with Crippen molar-refractivity contribution < 1.29 is 4.21 Å². The number of nitrogens with zero attached hydrogens (tertiary/aromatic N) is 3. The van der Waals surface area contributed by atoms with Crippen molar-refractivity contribution in [3.8, 4) is 0 Å². The van der Waals surface area contributed by atoms with E-state index in [0.717, 1.165) is 37.0 Å². The summed E-state index contributed by atoms with van der Waals surface area (Å²) in [5.74, 6) is 1.52. The Balaban J connectivity index is 0.00000225. The van der Waals surface area contributed by atoms with Crippen molar-refractivity contribution in [2.24, 2.45) is 4.99 Å². The zero-order valence-corrected chi connectivity index (χ0v) is 17.8. The van der Waals surface area contributed by atoms with Gasteiger partial charge >= 0.3 is 0 Å². The van der Waals surface area contributed by atoms with E-state index in [1.54, 1.807) is 0 Å². The van der Waals surface area contributed by atoms with Gasteiger partial charge in [0.1, 0.15) is 0 Å². The van der Waals surface area contributed by atoms with Crippen molar-refractivity contribution in [1.82, 2.24) is 15.1 Å². The predicted octanol–water partition coefficient (Wildman–Crippen LogP) is 1.93. The Bertz CT molecular complexity index is 615. The summed E-state index contributed by atoms with van der Waals surface area (Å²) in [5.41, 5.74) is 0. The molecule has 1 N–H and O–H groups in total. The van der Waals surface area contributed by atoms with Crippen molar-refractivity contribution >= 4 is 40.7 Å². The monoisotopic (exact) mass is 474 g/mol. The lowest BCUT2D eigenvalue weighted by Gasteiger charge is -2.25. The highest BCUT2D eigenvalue weighted by Crippen LogP contribution is 2.17. The quantitative estimate of drug-likeness (QED) is 0.307. The summed E-state index contributed by atoms with van der Waals surface area (Å²) in [4.78, 5) is 10.1. The molecule has 1 aromatic rings. The first kappa shape index (κ1) is 20.4. The highest BCUT2D eigenvalue weighted by Gasteiger charge is 2.29. The van der Waals surface area contributed by atoms with Crippen LogP contribution in [-0.2, 0) is 10.8 Å². The van der Waals surface area contributed by atoms with Gasteiger partial charge in [0, 0.05) is 56.5 Å². The van der Waals surface area contributed by atoms with Crippen LogP contribution in [-0.4, -0.2) is 71.5 Å². The van der Waals surface area contributed by atoms with Crippen LogP contribution in [0.4, 0.5) is 0 Å². The van der Waals surface area contributed by atoms with Crippen LogP contribution < -0.4 is 5.32 Å². The Morgan fingerprint density at radius 3 is 2.68 bits per heavy atom. The Kier molecular flexibility index (Phi) is 8.38. The molecule has 0 saturated carbocycles. The molecule has 2 heterocycles. The van der Waals surface area contributed by atoms with Gasteiger partial charge < -0.3 is 10.2 Å². The van der Waals surface area contributed by atoms with Crippen LogP contribution in [0.5, 0.6) is 0 Å². The topological polar surface area (TPSA) is 47.9 Å². The summed E-state index contributed by atoms with van der Waals surface area (Å²) < 4.78 is 12.3. The molecule has 0 aliphatic carbocycles. The molecule has 1 saturated heterocycles. The van der Waals surface area contributed by atoms with Gasteiger partial charge in [-0.3, -0.25) is 14.1 Å². The fraction of sp³-hybridized carbons (Fsp3) is 0.500. The lowest BCUT2D eigenvalue weighted by atomic mass is 10.2. The van der Waals surface area contributed by atoms with Crippen molar-refractivity contribution in [2.75, 3.05) is 45.5 Å². The van der Waals surface area contributed by atoms with Crippen LogP contribution in [0, 0.1) is 0 Å². The average molecular weight is 474 g/mol. The van der Waals surface area contributed by atoms with Crippen LogP contribution in [0.25, 0.3) is 0 Å². The molecule has 0 spiro atoms. The highest BCUT2D eigenvalue weighted by molar-refractivity contribution is 14.0. The lowest BCUT2D eigenvalue weighted by molar-refractivity contribution is 0.259. The second-order valence-electron chi connectivity index (χ2n) is 6.15. The molecule has 2 atom stereocenters. The first-order valence-corrected chi connectivity index (χ1v) is 9.88. The molecule has 3 rings (SSSR count). The van der Waals surface area contributed by atoms with Crippen molar-refractivity contribution in [1.29, 1.82) is 0 Å². The SMILES string of the molecule is CN=C(NCCS(=O)c1ccccc1)N1CCC(N2CC=CC2)C1.I. The van der Waals surface area contributed by atoms with E-state index in [1.807, 2.05) is 37.4 Å². The van der Waals surface area contributed by atoms with E-state index >= 15 is 0 Å². The largest absolute Gasteiger partial charge is 0.355 e.